The number of ether oxygens (including phenoxy) is 1. The molecule has 0 saturated carbocycles. The molecule has 0 saturated heterocycles. The number of nitrogens with two attached hydrogens (primary N) is 1. The van der Waals surface area contributed by atoms with Crippen LogP contribution in [0.5, 0.6) is 11.6 Å². The predicted octanol–water partition coefficient (Wildman–Crippen LogP) is 4.20. The van der Waals surface area contributed by atoms with Crippen molar-refractivity contribution < 1.29 is 9.13 Å². The quantitative estimate of drug-likeness (QED) is 0.848. The van der Waals surface area contributed by atoms with E-state index in [1.807, 2.05) is 19.1 Å². The third-order valence-corrected chi connectivity index (χ3v) is 3.39. The van der Waals surface area contributed by atoms with E-state index >= 15 is 0 Å². The van der Waals surface area contributed by atoms with Crippen LogP contribution in [0, 0.1) is 12.7 Å². The summed E-state index contributed by atoms with van der Waals surface area (Å²) in [6.45, 7) is 2.13. The van der Waals surface area contributed by atoms with Crippen LogP contribution in [0.25, 0.3) is 0 Å². The lowest BCUT2D eigenvalue weighted by Gasteiger charge is -2.11. The molecule has 0 aliphatic rings. The number of aryl methyl sites for hydroxylation is 1. The molecule has 0 unspecified atom stereocenters. The first-order valence-corrected chi connectivity index (χ1v) is 6.67. The van der Waals surface area contributed by atoms with Gasteiger partial charge in [0.05, 0.1) is 9.50 Å². The van der Waals surface area contributed by atoms with E-state index in [-0.39, 0.29) is 11.6 Å². The van der Waals surface area contributed by atoms with E-state index in [1.54, 1.807) is 0 Å². The smallest absolute Gasteiger partial charge is 0.224 e. The fourth-order valence-corrected chi connectivity index (χ4v) is 2.21. The lowest BCUT2D eigenvalue weighted by molar-refractivity contribution is 0.448. The maximum absolute atomic E-state index is 13.4. The third-order valence-electron chi connectivity index (χ3n) is 2.48. The second-order valence-corrected chi connectivity index (χ2v) is 5.18. The van der Waals surface area contributed by atoms with Crippen LogP contribution in [-0.2, 0) is 6.54 Å². The Hall–Kier alpha value is -1.17. The van der Waals surface area contributed by atoms with Crippen molar-refractivity contribution in [3.05, 3.63) is 50.8 Å². The van der Waals surface area contributed by atoms with Crippen LogP contribution in [0.3, 0.4) is 0 Å². The van der Waals surface area contributed by atoms with Gasteiger partial charge < -0.3 is 10.5 Å². The first-order chi connectivity index (χ1) is 9.01. The van der Waals surface area contributed by atoms with Crippen LogP contribution in [0.2, 0.25) is 5.02 Å². The average molecular weight is 346 g/mol. The maximum Gasteiger partial charge on any atom is 0.224 e. The van der Waals surface area contributed by atoms with Crippen molar-refractivity contribution in [3.63, 3.8) is 0 Å². The van der Waals surface area contributed by atoms with Gasteiger partial charge in [0, 0.05) is 23.9 Å². The van der Waals surface area contributed by atoms with Gasteiger partial charge in [0.2, 0.25) is 5.88 Å². The number of halogens is 3. The minimum atomic E-state index is -0.554. The molecule has 0 atom stereocenters. The average Bonchev–Trinajstić information content (AvgIpc) is 2.36. The highest BCUT2D eigenvalue weighted by atomic mass is 79.9. The molecule has 3 nitrogen and oxygen atoms in total. The van der Waals surface area contributed by atoms with E-state index in [0.29, 0.717) is 16.1 Å². The molecule has 2 aromatic rings. The topological polar surface area (TPSA) is 48.1 Å². The second-order valence-electron chi connectivity index (χ2n) is 3.92. The van der Waals surface area contributed by atoms with Crippen molar-refractivity contribution in [2.24, 2.45) is 5.73 Å². The lowest BCUT2D eigenvalue weighted by Crippen LogP contribution is -2.02. The zero-order chi connectivity index (χ0) is 14.0. The molecular formula is C13H11BrClFN2O. The zero-order valence-corrected chi connectivity index (χ0v) is 12.4. The summed E-state index contributed by atoms with van der Waals surface area (Å²) in [5, 5.41) is 0.0236. The molecule has 0 radical (unpaired) electrons. The Labute approximate surface area is 123 Å². The molecular weight excluding hydrogens is 335 g/mol. The van der Waals surface area contributed by atoms with E-state index < -0.39 is 5.82 Å². The minimum Gasteiger partial charge on any atom is -0.437 e. The summed E-state index contributed by atoms with van der Waals surface area (Å²) >= 11 is 8.95. The van der Waals surface area contributed by atoms with E-state index in [1.165, 1.54) is 12.1 Å². The number of hydrogen-bond acceptors (Lipinski definition) is 3. The number of aromatic nitrogens is 1. The van der Waals surface area contributed by atoms with E-state index in [2.05, 4.69) is 20.9 Å². The number of benzene rings is 1. The molecule has 0 aliphatic heterocycles. The molecule has 2 N–H and O–H groups in total. The third kappa shape index (κ3) is 3.23. The molecule has 0 bridgehead atoms. The van der Waals surface area contributed by atoms with Gasteiger partial charge in [-0.3, -0.25) is 0 Å². The summed E-state index contributed by atoms with van der Waals surface area (Å²) in [6.07, 6.45) is 0. The van der Waals surface area contributed by atoms with Gasteiger partial charge in [-0.05, 0) is 35.0 Å². The summed E-state index contributed by atoms with van der Waals surface area (Å²) in [4.78, 5) is 4.25. The van der Waals surface area contributed by atoms with Crippen LogP contribution < -0.4 is 10.5 Å². The van der Waals surface area contributed by atoms with Crippen LogP contribution >= 0.6 is 27.5 Å². The highest BCUT2D eigenvalue weighted by molar-refractivity contribution is 9.10. The highest BCUT2D eigenvalue weighted by Crippen LogP contribution is 2.34. The van der Waals surface area contributed by atoms with Crippen LogP contribution in [0.4, 0.5) is 4.39 Å². The van der Waals surface area contributed by atoms with Gasteiger partial charge in [-0.2, -0.15) is 0 Å². The Kier molecular flexibility index (Phi) is 4.39. The normalized spacial score (nSPS) is 10.6. The summed E-state index contributed by atoms with van der Waals surface area (Å²) in [5.74, 6) is 0.112. The maximum atomic E-state index is 13.4. The first kappa shape index (κ1) is 14.2. The molecule has 100 valence electrons. The van der Waals surface area contributed by atoms with Gasteiger partial charge in [-0.1, -0.05) is 17.7 Å². The SMILES string of the molecule is Cc1ccc(CN)c(Oc2cc(F)c(Cl)cc2Br)n1. The fourth-order valence-electron chi connectivity index (χ4n) is 1.49. The van der Waals surface area contributed by atoms with Crippen LogP contribution in [-0.4, -0.2) is 4.98 Å². The Morgan fingerprint density at radius 2 is 2.16 bits per heavy atom. The van der Waals surface area contributed by atoms with E-state index in [4.69, 9.17) is 22.1 Å². The van der Waals surface area contributed by atoms with Crippen molar-refractivity contribution in [3.8, 4) is 11.6 Å². The summed E-state index contributed by atoms with van der Waals surface area (Å²) in [5.41, 5.74) is 7.15. The lowest BCUT2D eigenvalue weighted by atomic mass is 10.2. The Balaban J connectivity index is 2.41. The monoisotopic (exact) mass is 344 g/mol. The zero-order valence-electron chi connectivity index (χ0n) is 10.1. The first-order valence-electron chi connectivity index (χ1n) is 5.50. The molecule has 0 spiro atoms. The minimum absolute atomic E-state index is 0.0236. The van der Waals surface area contributed by atoms with Crippen molar-refractivity contribution in [1.82, 2.24) is 4.98 Å². The molecule has 0 fully saturated rings. The molecule has 1 aromatic heterocycles. The molecule has 0 aliphatic carbocycles. The van der Waals surface area contributed by atoms with E-state index in [0.717, 1.165) is 11.3 Å². The predicted molar refractivity (Wildman–Crippen MR) is 76.0 cm³/mol. The Morgan fingerprint density at radius 3 is 2.84 bits per heavy atom. The fraction of sp³-hybridized carbons (Fsp3) is 0.154. The van der Waals surface area contributed by atoms with Gasteiger partial charge >= 0.3 is 0 Å². The summed E-state index contributed by atoms with van der Waals surface area (Å²) in [7, 11) is 0. The van der Waals surface area contributed by atoms with E-state index in [9.17, 15) is 4.39 Å². The largest absolute Gasteiger partial charge is 0.437 e. The van der Waals surface area contributed by atoms with Gasteiger partial charge in [-0.25, -0.2) is 9.37 Å². The molecule has 1 aromatic carbocycles. The number of rotatable bonds is 3. The standard InChI is InChI=1S/C13H11BrClFN2O/c1-7-2-3-8(6-17)13(18-7)19-12-5-11(16)10(15)4-9(12)14/h2-5H,6,17H2,1H3. The van der Waals surface area contributed by atoms with Gasteiger partial charge in [0.1, 0.15) is 11.6 Å². The molecule has 1 heterocycles. The van der Waals surface area contributed by atoms with Crippen molar-refractivity contribution in [2.45, 2.75) is 13.5 Å². The molecule has 19 heavy (non-hydrogen) atoms. The number of nitrogens with zero attached hydrogens (tertiary/aromatic N) is 1. The molecule has 0 amide bonds. The van der Waals surface area contributed by atoms with Gasteiger partial charge in [-0.15, -0.1) is 0 Å². The van der Waals surface area contributed by atoms with Crippen molar-refractivity contribution in [2.75, 3.05) is 0 Å². The summed E-state index contributed by atoms with van der Waals surface area (Å²) < 4.78 is 19.6. The van der Waals surface area contributed by atoms with Crippen LogP contribution in [0.15, 0.2) is 28.7 Å². The van der Waals surface area contributed by atoms with Gasteiger partial charge in [0.15, 0.2) is 0 Å². The second kappa shape index (κ2) is 5.86. The number of pyridine rings is 1. The Morgan fingerprint density at radius 1 is 1.42 bits per heavy atom. The molecule has 2 rings (SSSR count). The summed E-state index contributed by atoms with van der Waals surface area (Å²) in [6, 6.07) is 6.31. The van der Waals surface area contributed by atoms with Gasteiger partial charge in [0.25, 0.3) is 0 Å². The Bertz CT molecular complexity index is 622. The number of hydrogen-bond donors (Lipinski definition) is 1. The van der Waals surface area contributed by atoms with Crippen molar-refractivity contribution in [1.29, 1.82) is 0 Å². The highest BCUT2D eigenvalue weighted by Gasteiger charge is 2.12. The molecule has 6 heteroatoms. The van der Waals surface area contributed by atoms with Crippen molar-refractivity contribution >= 4 is 27.5 Å². The van der Waals surface area contributed by atoms with Crippen LogP contribution in [0.1, 0.15) is 11.3 Å².